The van der Waals surface area contributed by atoms with Gasteiger partial charge in [-0.15, -0.1) is 11.3 Å². The lowest BCUT2D eigenvalue weighted by molar-refractivity contribution is 0.107. The van der Waals surface area contributed by atoms with Crippen LogP contribution in [-0.4, -0.2) is 47.0 Å². The molecule has 0 amide bonds. The van der Waals surface area contributed by atoms with Crippen molar-refractivity contribution in [2.75, 3.05) is 26.2 Å². The molecule has 1 unspecified atom stereocenters. The molecule has 4 nitrogen and oxygen atoms in total. The van der Waals surface area contributed by atoms with Gasteiger partial charge in [0.25, 0.3) is 0 Å². The Morgan fingerprint density at radius 1 is 1.44 bits per heavy atom. The predicted octanol–water partition coefficient (Wildman–Crippen LogP) is 1.87. The first-order valence-electron chi connectivity index (χ1n) is 6.50. The predicted molar refractivity (Wildman–Crippen MR) is 73.4 cm³/mol. The molecule has 1 aromatic rings. The van der Waals surface area contributed by atoms with Crippen LogP contribution < -0.4 is 0 Å². The van der Waals surface area contributed by atoms with E-state index in [1.807, 2.05) is 6.92 Å². The summed E-state index contributed by atoms with van der Waals surface area (Å²) in [5.74, 6) is 0. The van der Waals surface area contributed by atoms with Crippen molar-refractivity contribution in [1.82, 2.24) is 14.8 Å². The molecule has 98 valence electrons. The third-order valence-electron chi connectivity index (χ3n) is 3.44. The molecule has 1 atom stereocenters. The van der Waals surface area contributed by atoms with E-state index >= 15 is 0 Å². The van der Waals surface area contributed by atoms with Gasteiger partial charge in [0.05, 0.1) is 22.8 Å². The van der Waals surface area contributed by atoms with Gasteiger partial charge < -0.3 is 0 Å². The van der Waals surface area contributed by atoms with Gasteiger partial charge in [0, 0.05) is 38.1 Å². The van der Waals surface area contributed by atoms with Gasteiger partial charge in [0.15, 0.2) is 0 Å². The molecule has 1 fully saturated rings. The molecule has 18 heavy (non-hydrogen) atoms. The average Bonchev–Trinajstić information content (AvgIpc) is 2.78. The number of aryl methyl sites for hydroxylation is 1. The summed E-state index contributed by atoms with van der Waals surface area (Å²) in [5.41, 5.74) is 1.18. The quantitative estimate of drug-likeness (QED) is 0.832. The topological polar surface area (TPSA) is 43.2 Å². The highest BCUT2D eigenvalue weighted by molar-refractivity contribution is 7.09. The molecule has 0 aliphatic carbocycles. The second-order valence-electron chi connectivity index (χ2n) is 4.72. The zero-order valence-electron chi connectivity index (χ0n) is 11.1. The van der Waals surface area contributed by atoms with E-state index in [-0.39, 0.29) is 6.04 Å². The van der Waals surface area contributed by atoms with E-state index < -0.39 is 0 Å². The third-order valence-corrected chi connectivity index (χ3v) is 4.26. The van der Waals surface area contributed by atoms with E-state index in [1.54, 1.807) is 11.3 Å². The van der Waals surface area contributed by atoms with Gasteiger partial charge in [-0.2, -0.15) is 5.26 Å². The van der Waals surface area contributed by atoms with Crippen LogP contribution in [0.1, 0.15) is 24.0 Å². The lowest BCUT2D eigenvalue weighted by Gasteiger charge is -2.36. The number of hydrogen-bond donors (Lipinski definition) is 0. The number of nitriles is 1. The molecule has 1 aliphatic heterocycles. The Bertz CT molecular complexity index is 415. The van der Waals surface area contributed by atoms with E-state index in [9.17, 15) is 0 Å². The maximum absolute atomic E-state index is 9.07. The van der Waals surface area contributed by atoms with Crippen LogP contribution in [0, 0.1) is 18.3 Å². The Balaban J connectivity index is 1.82. The first-order chi connectivity index (χ1) is 8.72. The Morgan fingerprint density at radius 3 is 2.67 bits per heavy atom. The number of rotatable bonds is 4. The van der Waals surface area contributed by atoms with Crippen molar-refractivity contribution in [2.24, 2.45) is 0 Å². The Morgan fingerprint density at radius 2 is 2.17 bits per heavy atom. The van der Waals surface area contributed by atoms with Crippen molar-refractivity contribution in [1.29, 1.82) is 5.26 Å². The first-order valence-corrected chi connectivity index (χ1v) is 7.38. The lowest BCUT2D eigenvalue weighted by atomic mass is 10.2. The van der Waals surface area contributed by atoms with E-state index in [1.165, 1.54) is 5.69 Å². The highest BCUT2D eigenvalue weighted by atomic mass is 32.1. The molecule has 2 heterocycles. The van der Waals surface area contributed by atoms with Crippen molar-refractivity contribution in [3.05, 3.63) is 16.1 Å². The van der Waals surface area contributed by atoms with Gasteiger partial charge in [-0.3, -0.25) is 9.80 Å². The van der Waals surface area contributed by atoms with E-state index in [4.69, 9.17) is 5.26 Å². The fourth-order valence-electron chi connectivity index (χ4n) is 2.37. The summed E-state index contributed by atoms with van der Waals surface area (Å²) in [6.07, 6.45) is 0.918. The Kier molecular flexibility index (Phi) is 4.70. The molecule has 1 aromatic heterocycles. The summed E-state index contributed by atoms with van der Waals surface area (Å²) in [6, 6.07) is 2.48. The standard InChI is InChI=1S/C13H20N4S/c1-3-13(8-14)17-6-4-16(5-7-17)9-12-10-18-11(2)15-12/h10,13H,3-7,9H2,1-2H3. The molecule has 1 aliphatic rings. The summed E-state index contributed by atoms with van der Waals surface area (Å²) in [4.78, 5) is 9.22. The van der Waals surface area contributed by atoms with Crippen LogP contribution in [0.3, 0.4) is 0 Å². The third kappa shape index (κ3) is 3.29. The fourth-order valence-corrected chi connectivity index (χ4v) is 2.98. The zero-order chi connectivity index (χ0) is 13.0. The zero-order valence-corrected chi connectivity index (χ0v) is 11.9. The first kappa shape index (κ1) is 13.5. The molecule has 0 saturated carbocycles. The molecular weight excluding hydrogens is 244 g/mol. The van der Waals surface area contributed by atoms with Gasteiger partial charge in [0.2, 0.25) is 0 Å². The van der Waals surface area contributed by atoms with Crippen LogP contribution in [-0.2, 0) is 6.54 Å². The summed E-state index contributed by atoms with van der Waals surface area (Å²) in [7, 11) is 0. The minimum atomic E-state index is 0.0914. The maximum Gasteiger partial charge on any atom is 0.0976 e. The van der Waals surface area contributed by atoms with Gasteiger partial charge >= 0.3 is 0 Å². The molecule has 0 aromatic carbocycles. The van der Waals surface area contributed by atoms with E-state index in [2.05, 4.69) is 33.2 Å². The monoisotopic (exact) mass is 264 g/mol. The van der Waals surface area contributed by atoms with Gasteiger partial charge in [-0.1, -0.05) is 6.92 Å². The van der Waals surface area contributed by atoms with E-state index in [0.29, 0.717) is 0 Å². The van der Waals surface area contributed by atoms with Gasteiger partial charge in [0.1, 0.15) is 0 Å². The maximum atomic E-state index is 9.07. The van der Waals surface area contributed by atoms with Crippen LogP contribution >= 0.6 is 11.3 Å². The largest absolute Gasteiger partial charge is 0.295 e. The number of aromatic nitrogens is 1. The highest BCUT2D eigenvalue weighted by Gasteiger charge is 2.22. The second-order valence-corrected chi connectivity index (χ2v) is 5.79. The molecule has 5 heteroatoms. The number of piperazine rings is 1. The Hall–Kier alpha value is -0.960. The Labute approximate surface area is 113 Å². The summed E-state index contributed by atoms with van der Waals surface area (Å²) in [6.45, 7) is 9.14. The SMILES string of the molecule is CCC(C#N)N1CCN(Cc2csc(C)n2)CC1. The van der Waals surface area contributed by atoms with Crippen molar-refractivity contribution in [2.45, 2.75) is 32.9 Å². The minimum Gasteiger partial charge on any atom is -0.295 e. The second kappa shape index (κ2) is 6.28. The van der Waals surface area contributed by atoms with Gasteiger partial charge in [-0.25, -0.2) is 4.98 Å². The van der Waals surface area contributed by atoms with Crippen LogP contribution in [0.2, 0.25) is 0 Å². The summed E-state index contributed by atoms with van der Waals surface area (Å²) < 4.78 is 0. The van der Waals surface area contributed by atoms with E-state index in [0.717, 1.165) is 44.2 Å². The molecule has 0 N–H and O–H groups in total. The molecular formula is C13H20N4S. The molecule has 2 rings (SSSR count). The molecule has 1 saturated heterocycles. The van der Waals surface area contributed by atoms with Crippen LogP contribution in [0.15, 0.2) is 5.38 Å². The summed E-state index contributed by atoms with van der Waals surface area (Å²) in [5, 5.41) is 12.4. The number of nitrogens with zero attached hydrogens (tertiary/aromatic N) is 4. The molecule has 0 spiro atoms. The fraction of sp³-hybridized carbons (Fsp3) is 0.692. The normalized spacial score (nSPS) is 19.6. The van der Waals surface area contributed by atoms with Crippen molar-refractivity contribution >= 4 is 11.3 Å². The van der Waals surface area contributed by atoms with Crippen LogP contribution in [0.4, 0.5) is 0 Å². The smallest absolute Gasteiger partial charge is 0.0976 e. The van der Waals surface area contributed by atoms with Crippen molar-refractivity contribution < 1.29 is 0 Å². The summed E-state index contributed by atoms with van der Waals surface area (Å²) >= 11 is 1.71. The molecule has 0 radical (unpaired) electrons. The minimum absolute atomic E-state index is 0.0914. The van der Waals surface area contributed by atoms with Crippen molar-refractivity contribution in [3.8, 4) is 6.07 Å². The number of hydrogen-bond acceptors (Lipinski definition) is 5. The average molecular weight is 264 g/mol. The number of thiazole rings is 1. The van der Waals surface area contributed by atoms with Crippen LogP contribution in [0.5, 0.6) is 0 Å². The lowest BCUT2D eigenvalue weighted by Crippen LogP contribution is -2.49. The molecule has 0 bridgehead atoms. The van der Waals surface area contributed by atoms with Crippen molar-refractivity contribution in [3.63, 3.8) is 0 Å². The van der Waals surface area contributed by atoms with Crippen LogP contribution in [0.25, 0.3) is 0 Å². The highest BCUT2D eigenvalue weighted by Crippen LogP contribution is 2.13. The van der Waals surface area contributed by atoms with Gasteiger partial charge in [-0.05, 0) is 13.3 Å².